The number of halogens is 1. The fraction of sp³-hybridized carbons (Fsp3) is 0.600. The van der Waals surface area contributed by atoms with Crippen LogP contribution < -0.4 is 16.0 Å². The number of para-hydroxylation sites is 1. The van der Waals surface area contributed by atoms with Crippen molar-refractivity contribution in [3.05, 3.63) is 65.5 Å². The number of carbonyl (C=O) groups is 2. The fourth-order valence-corrected chi connectivity index (χ4v) is 9.57. The molecule has 3 fully saturated rings. The van der Waals surface area contributed by atoms with E-state index in [-0.39, 0.29) is 30.2 Å². The third-order valence-corrected chi connectivity index (χ3v) is 12.8. The highest BCUT2D eigenvalue weighted by Gasteiger charge is 2.47. The predicted molar refractivity (Wildman–Crippen MR) is 179 cm³/mol. The monoisotopic (exact) mass is 672 g/mol. The third-order valence-electron chi connectivity index (χ3n) is 10.2. The minimum absolute atomic E-state index is 0.0511. The molecule has 47 heavy (non-hydrogen) atoms. The Hall–Kier alpha value is -3.06. The Kier molecular flexibility index (Phi) is 10.9. The SMILES string of the molecule is COC(=O)N[C@H](C(=O)Nc1ccccc1CC[C@H]1CN[C@@H]2CCC(C)(C)S(=O)(=O)N1C2)[C@@H](c1ccc(F)cc1)[C@H]1C[C@@H](C)O[C@@H](C)C1. The first-order valence-corrected chi connectivity index (χ1v) is 18.1. The third kappa shape index (κ3) is 7.98. The maximum absolute atomic E-state index is 14.3. The van der Waals surface area contributed by atoms with Crippen LogP contribution >= 0.6 is 0 Å². The first-order chi connectivity index (χ1) is 22.3. The second-order valence-corrected chi connectivity index (χ2v) is 16.5. The van der Waals surface area contributed by atoms with Gasteiger partial charge in [0, 0.05) is 36.8 Å². The molecule has 0 aliphatic carbocycles. The van der Waals surface area contributed by atoms with Gasteiger partial charge in [-0.25, -0.2) is 17.6 Å². The lowest BCUT2D eigenvalue weighted by atomic mass is 9.74. The molecule has 0 radical (unpaired) electrons. The first kappa shape index (κ1) is 35.3. The molecule has 5 rings (SSSR count). The fourth-order valence-electron chi connectivity index (χ4n) is 7.61. The highest BCUT2D eigenvalue weighted by molar-refractivity contribution is 7.90. The number of aryl methyl sites for hydroxylation is 1. The summed E-state index contributed by atoms with van der Waals surface area (Å²) in [5, 5.41) is 9.41. The molecule has 2 aromatic rings. The number of alkyl carbamates (subject to hydrolysis) is 1. The number of fused-ring (bicyclic) bond motifs is 2. The number of ether oxygens (including phenoxy) is 2. The van der Waals surface area contributed by atoms with Crippen molar-refractivity contribution in [1.82, 2.24) is 14.9 Å². The van der Waals surface area contributed by atoms with Gasteiger partial charge >= 0.3 is 6.09 Å². The summed E-state index contributed by atoms with van der Waals surface area (Å²) in [7, 11) is -2.25. The van der Waals surface area contributed by atoms with Gasteiger partial charge in [-0.3, -0.25) is 4.79 Å². The van der Waals surface area contributed by atoms with Crippen molar-refractivity contribution < 1.29 is 31.9 Å². The molecule has 3 aliphatic rings. The minimum Gasteiger partial charge on any atom is -0.453 e. The molecule has 2 amide bonds. The van der Waals surface area contributed by atoms with Gasteiger partial charge in [0.25, 0.3) is 0 Å². The Morgan fingerprint density at radius 2 is 1.79 bits per heavy atom. The Bertz CT molecular complexity index is 1510. The molecule has 3 aliphatic heterocycles. The molecular weight excluding hydrogens is 623 g/mol. The van der Waals surface area contributed by atoms with Gasteiger partial charge in [-0.05, 0) is 101 Å². The van der Waals surface area contributed by atoms with Gasteiger partial charge in [0.15, 0.2) is 0 Å². The second kappa shape index (κ2) is 14.6. The molecule has 0 spiro atoms. The van der Waals surface area contributed by atoms with E-state index in [2.05, 4.69) is 16.0 Å². The van der Waals surface area contributed by atoms with Crippen molar-refractivity contribution >= 4 is 27.7 Å². The number of hydrogen-bond acceptors (Lipinski definition) is 7. The molecule has 3 N–H and O–H groups in total. The zero-order valence-electron chi connectivity index (χ0n) is 28.0. The molecule has 258 valence electrons. The van der Waals surface area contributed by atoms with E-state index in [0.717, 1.165) is 17.5 Å². The lowest BCUT2D eigenvalue weighted by Crippen LogP contribution is -2.58. The summed E-state index contributed by atoms with van der Waals surface area (Å²) in [6.07, 6.45) is 2.97. The largest absolute Gasteiger partial charge is 0.453 e. The van der Waals surface area contributed by atoms with Crippen molar-refractivity contribution in [1.29, 1.82) is 0 Å². The van der Waals surface area contributed by atoms with Crippen LogP contribution in [0.3, 0.4) is 0 Å². The zero-order valence-corrected chi connectivity index (χ0v) is 28.8. The average Bonchev–Trinajstić information content (AvgIpc) is 3.09. The van der Waals surface area contributed by atoms with Crippen LogP contribution in [0.5, 0.6) is 0 Å². The van der Waals surface area contributed by atoms with Crippen LogP contribution in [0.4, 0.5) is 14.9 Å². The lowest BCUT2D eigenvalue weighted by Gasteiger charge is -2.40. The molecular formula is C35H49FN4O6S. The summed E-state index contributed by atoms with van der Waals surface area (Å²) in [4.78, 5) is 26.9. The van der Waals surface area contributed by atoms with Crippen molar-refractivity contribution in [2.75, 3.05) is 25.5 Å². The first-order valence-electron chi connectivity index (χ1n) is 16.7. The molecule has 0 saturated carbocycles. The number of carbonyl (C=O) groups excluding carboxylic acids is 2. The summed E-state index contributed by atoms with van der Waals surface area (Å²) in [5.41, 5.74) is 2.17. The number of hydrogen-bond donors (Lipinski definition) is 3. The van der Waals surface area contributed by atoms with Gasteiger partial charge in [-0.2, -0.15) is 4.31 Å². The van der Waals surface area contributed by atoms with Crippen molar-refractivity contribution in [2.24, 2.45) is 5.92 Å². The van der Waals surface area contributed by atoms with E-state index in [0.29, 0.717) is 50.9 Å². The number of nitrogens with zero attached hydrogens (tertiary/aromatic N) is 1. The number of methoxy groups -OCH3 is 1. The minimum atomic E-state index is -3.50. The van der Waals surface area contributed by atoms with E-state index < -0.39 is 44.5 Å². The van der Waals surface area contributed by atoms with Crippen LogP contribution in [0, 0.1) is 11.7 Å². The molecule has 3 heterocycles. The number of rotatable bonds is 9. The van der Waals surface area contributed by atoms with E-state index in [1.165, 1.54) is 19.2 Å². The number of nitrogens with one attached hydrogen (secondary N) is 3. The number of anilines is 1. The van der Waals surface area contributed by atoms with E-state index in [1.54, 1.807) is 16.4 Å². The Morgan fingerprint density at radius 1 is 1.11 bits per heavy atom. The van der Waals surface area contributed by atoms with Crippen molar-refractivity contribution in [2.45, 2.75) is 107 Å². The molecule has 0 aromatic heterocycles. The van der Waals surface area contributed by atoms with Crippen LogP contribution in [0.25, 0.3) is 0 Å². The highest BCUT2D eigenvalue weighted by Crippen LogP contribution is 2.40. The normalized spacial score (nSPS) is 29.5. The van der Waals surface area contributed by atoms with E-state index in [9.17, 15) is 22.4 Å². The maximum Gasteiger partial charge on any atom is 0.407 e. The quantitative estimate of drug-likeness (QED) is 0.344. The number of benzene rings is 2. The summed E-state index contributed by atoms with van der Waals surface area (Å²) >= 11 is 0. The molecule has 2 aromatic carbocycles. The summed E-state index contributed by atoms with van der Waals surface area (Å²) < 4.78 is 53.1. The molecule has 2 bridgehead atoms. The summed E-state index contributed by atoms with van der Waals surface area (Å²) in [6, 6.07) is 12.4. The van der Waals surface area contributed by atoms with E-state index >= 15 is 0 Å². The lowest BCUT2D eigenvalue weighted by molar-refractivity contribution is -0.120. The van der Waals surface area contributed by atoms with Crippen LogP contribution in [0.1, 0.15) is 76.8 Å². The van der Waals surface area contributed by atoms with Gasteiger partial charge in [-0.1, -0.05) is 30.3 Å². The number of amides is 2. The smallest absolute Gasteiger partial charge is 0.407 e. The van der Waals surface area contributed by atoms with Crippen LogP contribution in [-0.2, 0) is 30.7 Å². The van der Waals surface area contributed by atoms with Crippen LogP contribution in [0.2, 0.25) is 0 Å². The molecule has 3 saturated heterocycles. The summed E-state index contributed by atoms with van der Waals surface area (Å²) in [6.45, 7) is 8.63. The highest BCUT2D eigenvalue weighted by atomic mass is 32.2. The van der Waals surface area contributed by atoms with Gasteiger partial charge in [-0.15, -0.1) is 0 Å². The topological polar surface area (TPSA) is 126 Å². The average molecular weight is 673 g/mol. The zero-order chi connectivity index (χ0) is 33.9. The second-order valence-electron chi connectivity index (χ2n) is 14.0. The van der Waals surface area contributed by atoms with Gasteiger partial charge in [0.2, 0.25) is 15.9 Å². The van der Waals surface area contributed by atoms with Crippen molar-refractivity contribution in [3.8, 4) is 0 Å². The van der Waals surface area contributed by atoms with Crippen LogP contribution in [-0.4, -0.2) is 80.0 Å². The molecule has 12 heteroatoms. The standard InChI is InChI=1S/C35H49FN4O6S/c1-22-18-26(19-23(2)46-22)31(25-10-13-27(36)14-11-25)32(39-34(42)45-5)33(41)38-30-9-7-6-8-24(30)12-15-29-20-37-28-16-17-35(3,4)47(43,44)40(29)21-28/h6-11,13-14,22-23,26,28-29,31-32,37H,12,15-21H2,1-5H3,(H,38,41)(H,39,42)/t22-,23+,26+,28-,29+,31+,32+/m1/s1. The van der Waals surface area contributed by atoms with Crippen LogP contribution in [0.15, 0.2) is 48.5 Å². The van der Waals surface area contributed by atoms with Gasteiger partial charge in [0.1, 0.15) is 11.9 Å². The summed E-state index contributed by atoms with van der Waals surface area (Å²) in [5.74, 6) is -1.36. The Balaban J connectivity index is 1.40. The molecule has 1 unspecified atom stereocenters. The Morgan fingerprint density at radius 3 is 2.47 bits per heavy atom. The number of sulfonamides is 1. The predicted octanol–water partition coefficient (Wildman–Crippen LogP) is 4.95. The molecule has 8 atom stereocenters. The van der Waals surface area contributed by atoms with Gasteiger partial charge < -0.3 is 25.4 Å². The molecule has 10 nitrogen and oxygen atoms in total. The maximum atomic E-state index is 14.3. The number of piperazine rings is 1. The Labute approximate surface area is 278 Å². The van der Waals surface area contributed by atoms with Gasteiger partial charge in [0.05, 0.1) is 24.1 Å². The van der Waals surface area contributed by atoms with Crippen molar-refractivity contribution in [3.63, 3.8) is 0 Å². The van der Waals surface area contributed by atoms with E-state index in [1.807, 2.05) is 52.0 Å². The van der Waals surface area contributed by atoms with E-state index in [4.69, 9.17) is 9.47 Å².